The van der Waals surface area contributed by atoms with Crippen LogP contribution >= 0.6 is 11.6 Å². The minimum Gasteiger partial charge on any atom is -0.456 e. The summed E-state index contributed by atoms with van der Waals surface area (Å²) in [6, 6.07) is 19.9. The van der Waals surface area contributed by atoms with E-state index >= 15 is 0 Å². The van der Waals surface area contributed by atoms with Gasteiger partial charge in [0.2, 0.25) is 0 Å². The largest absolute Gasteiger partial charge is 0.456 e. The Kier molecular flexibility index (Phi) is 3.14. The molecule has 0 aliphatic carbocycles. The third kappa shape index (κ3) is 2.56. The fourth-order valence-electron chi connectivity index (χ4n) is 1.98. The predicted molar refractivity (Wildman–Crippen MR) is 79.3 cm³/mol. The Labute approximate surface area is 117 Å². The molecule has 0 radical (unpaired) electrons. The predicted octanol–water partition coefficient (Wildman–Crippen LogP) is 5.58. The van der Waals surface area contributed by atoms with Crippen molar-refractivity contribution in [3.05, 3.63) is 71.2 Å². The summed E-state index contributed by atoms with van der Waals surface area (Å²) in [5, 5.41) is 0.731. The summed E-state index contributed by atoms with van der Waals surface area (Å²) >= 11 is 5.88. The van der Waals surface area contributed by atoms with Crippen molar-refractivity contribution in [2.45, 2.75) is 6.92 Å². The van der Waals surface area contributed by atoms with Gasteiger partial charge in [-0.2, -0.15) is 0 Å². The van der Waals surface area contributed by atoms with Gasteiger partial charge in [-0.1, -0.05) is 41.4 Å². The molecule has 2 aromatic carbocycles. The zero-order valence-corrected chi connectivity index (χ0v) is 11.3. The maximum absolute atomic E-state index is 5.89. The van der Waals surface area contributed by atoms with E-state index in [1.54, 1.807) is 0 Å². The van der Waals surface area contributed by atoms with Gasteiger partial charge in [0.1, 0.15) is 11.5 Å². The molecule has 1 nitrogen and oxygen atoms in total. The van der Waals surface area contributed by atoms with Crippen LogP contribution in [0.1, 0.15) is 5.56 Å². The van der Waals surface area contributed by atoms with Crippen molar-refractivity contribution in [1.82, 2.24) is 0 Å². The molecule has 3 rings (SSSR count). The van der Waals surface area contributed by atoms with E-state index in [9.17, 15) is 0 Å². The van der Waals surface area contributed by atoms with Crippen molar-refractivity contribution in [3.63, 3.8) is 0 Å². The number of benzene rings is 2. The molecule has 0 bridgehead atoms. The molecule has 0 spiro atoms. The van der Waals surface area contributed by atoms with Crippen LogP contribution in [-0.2, 0) is 0 Å². The first-order chi connectivity index (χ1) is 9.22. The Morgan fingerprint density at radius 1 is 0.684 bits per heavy atom. The van der Waals surface area contributed by atoms with Gasteiger partial charge < -0.3 is 4.42 Å². The van der Waals surface area contributed by atoms with E-state index in [1.165, 1.54) is 5.56 Å². The molecule has 19 heavy (non-hydrogen) atoms. The molecule has 3 aromatic rings. The van der Waals surface area contributed by atoms with Gasteiger partial charge >= 0.3 is 0 Å². The number of aryl methyl sites for hydroxylation is 1. The van der Waals surface area contributed by atoms with Gasteiger partial charge in [-0.15, -0.1) is 0 Å². The van der Waals surface area contributed by atoms with E-state index < -0.39 is 0 Å². The van der Waals surface area contributed by atoms with E-state index in [4.69, 9.17) is 16.0 Å². The molecule has 0 atom stereocenters. The zero-order valence-electron chi connectivity index (χ0n) is 10.6. The minimum absolute atomic E-state index is 0.731. The Morgan fingerprint density at radius 2 is 1.16 bits per heavy atom. The second-order valence-electron chi connectivity index (χ2n) is 4.54. The molecule has 0 N–H and O–H groups in total. The molecular formula is C17H13ClO. The van der Waals surface area contributed by atoms with Gasteiger partial charge in [0.25, 0.3) is 0 Å². The molecule has 2 heteroatoms. The lowest BCUT2D eigenvalue weighted by Gasteiger charge is -1.99. The quantitative estimate of drug-likeness (QED) is 0.592. The molecule has 94 valence electrons. The fourth-order valence-corrected chi connectivity index (χ4v) is 2.11. The molecule has 0 aliphatic rings. The maximum Gasteiger partial charge on any atom is 0.134 e. The van der Waals surface area contributed by atoms with E-state index in [1.807, 2.05) is 36.4 Å². The average molecular weight is 269 g/mol. The SMILES string of the molecule is Cc1ccc(-c2ccc(-c3ccc(Cl)cc3)o2)cc1. The molecule has 0 saturated carbocycles. The average Bonchev–Trinajstić information content (AvgIpc) is 2.90. The summed E-state index contributed by atoms with van der Waals surface area (Å²) in [6.45, 7) is 2.07. The third-order valence-electron chi connectivity index (χ3n) is 3.07. The number of furan rings is 1. The molecule has 0 unspecified atom stereocenters. The summed E-state index contributed by atoms with van der Waals surface area (Å²) in [5.41, 5.74) is 3.36. The van der Waals surface area contributed by atoms with Gasteiger partial charge in [0.15, 0.2) is 0 Å². The summed E-state index contributed by atoms with van der Waals surface area (Å²) < 4.78 is 5.89. The highest BCUT2D eigenvalue weighted by atomic mass is 35.5. The summed E-state index contributed by atoms with van der Waals surface area (Å²) in [4.78, 5) is 0. The number of rotatable bonds is 2. The second kappa shape index (κ2) is 4.94. The lowest BCUT2D eigenvalue weighted by molar-refractivity contribution is 0.597. The van der Waals surface area contributed by atoms with E-state index in [0.717, 1.165) is 27.7 Å². The number of hydrogen-bond donors (Lipinski definition) is 0. The highest BCUT2D eigenvalue weighted by molar-refractivity contribution is 6.30. The van der Waals surface area contributed by atoms with Gasteiger partial charge in [-0.05, 0) is 43.3 Å². The van der Waals surface area contributed by atoms with Crippen molar-refractivity contribution in [2.75, 3.05) is 0 Å². The van der Waals surface area contributed by atoms with Crippen LogP contribution in [0.4, 0.5) is 0 Å². The maximum atomic E-state index is 5.89. The van der Waals surface area contributed by atoms with Crippen LogP contribution in [0.15, 0.2) is 65.1 Å². The minimum atomic E-state index is 0.731. The van der Waals surface area contributed by atoms with Gasteiger partial charge in [-0.25, -0.2) is 0 Å². The highest BCUT2D eigenvalue weighted by Gasteiger charge is 2.06. The molecule has 0 aliphatic heterocycles. The molecule has 1 aromatic heterocycles. The van der Waals surface area contributed by atoms with Crippen LogP contribution in [0.25, 0.3) is 22.6 Å². The summed E-state index contributed by atoms with van der Waals surface area (Å²) in [6.07, 6.45) is 0. The Morgan fingerprint density at radius 3 is 1.68 bits per heavy atom. The molecule has 0 saturated heterocycles. The van der Waals surface area contributed by atoms with Crippen LogP contribution in [0.5, 0.6) is 0 Å². The first kappa shape index (κ1) is 12.1. The second-order valence-corrected chi connectivity index (χ2v) is 4.97. The highest BCUT2D eigenvalue weighted by Crippen LogP contribution is 2.29. The lowest BCUT2D eigenvalue weighted by atomic mass is 10.1. The third-order valence-corrected chi connectivity index (χ3v) is 3.32. The van der Waals surface area contributed by atoms with Crippen LogP contribution in [0, 0.1) is 6.92 Å². The van der Waals surface area contributed by atoms with Gasteiger partial charge in [0, 0.05) is 16.1 Å². The van der Waals surface area contributed by atoms with Gasteiger partial charge in [0.05, 0.1) is 0 Å². The number of halogens is 1. The van der Waals surface area contributed by atoms with Crippen LogP contribution in [0.2, 0.25) is 5.02 Å². The molecule has 0 fully saturated rings. The zero-order chi connectivity index (χ0) is 13.2. The molecular weight excluding hydrogens is 256 g/mol. The van der Waals surface area contributed by atoms with Crippen molar-refractivity contribution in [2.24, 2.45) is 0 Å². The Bertz CT molecular complexity index is 618. The van der Waals surface area contributed by atoms with Crippen LogP contribution < -0.4 is 0 Å². The van der Waals surface area contributed by atoms with Crippen LogP contribution in [-0.4, -0.2) is 0 Å². The van der Waals surface area contributed by atoms with Crippen molar-refractivity contribution in [1.29, 1.82) is 0 Å². The summed E-state index contributed by atoms with van der Waals surface area (Å²) in [7, 11) is 0. The van der Waals surface area contributed by atoms with E-state index in [-0.39, 0.29) is 0 Å². The molecule has 1 heterocycles. The standard InChI is InChI=1S/C17H13ClO/c1-12-2-4-13(5-3-12)16-10-11-17(19-16)14-6-8-15(18)9-7-14/h2-11H,1H3. The van der Waals surface area contributed by atoms with Crippen molar-refractivity contribution < 1.29 is 4.42 Å². The molecule has 0 amide bonds. The van der Waals surface area contributed by atoms with E-state index in [2.05, 4.69) is 31.2 Å². The topological polar surface area (TPSA) is 13.1 Å². The first-order valence-corrected chi connectivity index (χ1v) is 6.53. The summed E-state index contributed by atoms with van der Waals surface area (Å²) in [5.74, 6) is 1.73. The van der Waals surface area contributed by atoms with Crippen LogP contribution in [0.3, 0.4) is 0 Å². The van der Waals surface area contributed by atoms with Crippen molar-refractivity contribution >= 4 is 11.6 Å². The number of hydrogen-bond acceptors (Lipinski definition) is 1. The monoisotopic (exact) mass is 268 g/mol. The fraction of sp³-hybridized carbons (Fsp3) is 0.0588. The first-order valence-electron chi connectivity index (χ1n) is 6.15. The normalized spacial score (nSPS) is 10.6. The van der Waals surface area contributed by atoms with Gasteiger partial charge in [-0.3, -0.25) is 0 Å². The van der Waals surface area contributed by atoms with Crippen molar-refractivity contribution in [3.8, 4) is 22.6 Å². The lowest BCUT2D eigenvalue weighted by Crippen LogP contribution is -1.75. The Balaban J connectivity index is 1.95. The smallest absolute Gasteiger partial charge is 0.134 e. The Hall–Kier alpha value is -1.99. The van der Waals surface area contributed by atoms with E-state index in [0.29, 0.717) is 0 Å².